The highest BCUT2D eigenvalue weighted by Crippen LogP contribution is 2.21. The first-order valence-electron chi connectivity index (χ1n) is 5.12. The van der Waals surface area contributed by atoms with Crippen LogP contribution < -0.4 is 0 Å². The lowest BCUT2D eigenvalue weighted by Crippen LogP contribution is -1.87. The van der Waals surface area contributed by atoms with E-state index in [1.54, 1.807) is 16.5 Å². The Morgan fingerprint density at radius 2 is 2.33 bits per heavy atom. The van der Waals surface area contributed by atoms with Crippen LogP contribution in [0.15, 0.2) is 23.7 Å². The summed E-state index contributed by atoms with van der Waals surface area (Å²) in [4.78, 5) is 20.6. The molecule has 6 nitrogen and oxygen atoms in total. The molecule has 0 aliphatic rings. The second-order valence-corrected chi connectivity index (χ2v) is 4.06. The highest BCUT2D eigenvalue weighted by atomic mass is 32.1. The van der Waals surface area contributed by atoms with E-state index in [4.69, 9.17) is 11.1 Å². The largest absolute Gasteiger partial charge is 0.296 e. The summed E-state index contributed by atoms with van der Waals surface area (Å²) in [5, 5.41) is 2.54. The Balaban J connectivity index is 0.000000492. The van der Waals surface area contributed by atoms with Crippen LogP contribution in [-0.2, 0) is 6.42 Å². The van der Waals surface area contributed by atoms with Gasteiger partial charge in [-0.3, -0.25) is 9.78 Å². The normalized spacial score (nSPS) is 8.94. The average Bonchev–Trinajstić information content (AvgIpc) is 2.88. The SMILES string of the molecule is CCc1ccnc(-c2nc(C=O)cs2)c1.[N-]=[N+]=N. The van der Waals surface area contributed by atoms with Crippen molar-refractivity contribution in [3.05, 3.63) is 45.4 Å². The van der Waals surface area contributed by atoms with Gasteiger partial charge in [0.15, 0.2) is 6.29 Å². The van der Waals surface area contributed by atoms with Gasteiger partial charge in [0.1, 0.15) is 10.7 Å². The Morgan fingerprint density at radius 3 is 2.89 bits per heavy atom. The number of hydrogen-bond donors (Lipinski definition) is 1. The molecule has 0 amide bonds. The zero-order valence-electron chi connectivity index (χ0n) is 9.70. The molecule has 0 aliphatic heterocycles. The van der Waals surface area contributed by atoms with Crippen molar-refractivity contribution in [1.29, 1.82) is 5.53 Å². The molecule has 2 aromatic rings. The number of thiazole rings is 1. The predicted octanol–water partition coefficient (Wildman–Crippen LogP) is 3.46. The van der Waals surface area contributed by atoms with E-state index in [0.29, 0.717) is 5.69 Å². The number of carbonyl (C=O) groups excluding carboxylic acids is 1. The summed E-state index contributed by atoms with van der Waals surface area (Å²) >= 11 is 1.44. The van der Waals surface area contributed by atoms with E-state index in [1.165, 1.54) is 16.9 Å². The van der Waals surface area contributed by atoms with Crippen LogP contribution >= 0.6 is 11.3 Å². The first-order chi connectivity index (χ1) is 8.74. The fourth-order valence-corrected chi connectivity index (χ4v) is 2.00. The van der Waals surface area contributed by atoms with Crippen LogP contribution in [0.25, 0.3) is 21.1 Å². The smallest absolute Gasteiger partial charge is 0.169 e. The Labute approximate surface area is 108 Å². The number of nitrogens with one attached hydrogen (secondary N) is 1. The number of hydrogen-bond acceptors (Lipinski definition) is 5. The lowest BCUT2D eigenvalue weighted by molar-refractivity contribution is 0.111. The predicted molar refractivity (Wildman–Crippen MR) is 69.5 cm³/mol. The van der Waals surface area contributed by atoms with Crippen LogP contribution in [-0.4, -0.2) is 16.3 Å². The lowest BCUT2D eigenvalue weighted by atomic mass is 10.2. The van der Waals surface area contributed by atoms with Gasteiger partial charge in [-0.1, -0.05) is 6.92 Å². The van der Waals surface area contributed by atoms with Crippen molar-refractivity contribution in [3.8, 4) is 10.7 Å². The van der Waals surface area contributed by atoms with E-state index in [1.807, 2.05) is 12.1 Å². The summed E-state index contributed by atoms with van der Waals surface area (Å²) in [5.41, 5.74) is 14.8. The maximum Gasteiger partial charge on any atom is 0.169 e. The molecule has 0 saturated heterocycles. The van der Waals surface area contributed by atoms with Crippen LogP contribution in [0.1, 0.15) is 23.0 Å². The van der Waals surface area contributed by atoms with Crippen LogP contribution in [0.3, 0.4) is 0 Å². The van der Waals surface area contributed by atoms with Crippen LogP contribution in [0, 0.1) is 5.53 Å². The Kier molecular flexibility index (Phi) is 5.50. The quantitative estimate of drug-likeness (QED) is 0.396. The third kappa shape index (κ3) is 3.65. The topological polar surface area (TPSA) is 103 Å². The molecule has 0 atom stereocenters. The number of nitrogens with zero attached hydrogens (tertiary/aromatic N) is 4. The number of aldehydes is 1. The number of rotatable bonds is 3. The second-order valence-electron chi connectivity index (χ2n) is 3.20. The van der Waals surface area contributed by atoms with Crippen molar-refractivity contribution >= 4 is 17.6 Å². The zero-order valence-corrected chi connectivity index (χ0v) is 10.5. The molecule has 92 valence electrons. The molecule has 0 radical (unpaired) electrons. The molecule has 18 heavy (non-hydrogen) atoms. The Morgan fingerprint density at radius 1 is 1.61 bits per heavy atom. The molecule has 0 saturated carbocycles. The first kappa shape index (κ1) is 13.8. The van der Waals surface area contributed by atoms with Crippen molar-refractivity contribution in [3.63, 3.8) is 0 Å². The van der Waals surface area contributed by atoms with Gasteiger partial charge < -0.3 is 0 Å². The van der Waals surface area contributed by atoms with Crippen LogP contribution in [0.4, 0.5) is 0 Å². The summed E-state index contributed by atoms with van der Waals surface area (Å²) in [6, 6.07) is 3.99. The van der Waals surface area contributed by atoms with E-state index < -0.39 is 0 Å². The van der Waals surface area contributed by atoms with E-state index in [9.17, 15) is 4.79 Å². The minimum absolute atomic E-state index is 0.471. The number of carbonyl (C=O) groups is 1. The van der Waals surface area contributed by atoms with E-state index >= 15 is 0 Å². The van der Waals surface area contributed by atoms with E-state index in [2.05, 4.69) is 16.9 Å². The molecule has 0 spiro atoms. The highest BCUT2D eigenvalue weighted by Gasteiger charge is 2.05. The molecule has 2 rings (SSSR count). The fourth-order valence-electron chi connectivity index (χ4n) is 1.27. The summed E-state index contributed by atoms with van der Waals surface area (Å²) in [6.45, 7) is 2.10. The van der Waals surface area contributed by atoms with Crippen molar-refractivity contribution < 1.29 is 4.79 Å². The van der Waals surface area contributed by atoms with Gasteiger partial charge in [-0.2, -0.15) is 0 Å². The van der Waals surface area contributed by atoms with Crippen LogP contribution in [0.2, 0.25) is 0 Å². The third-order valence-corrected chi connectivity index (χ3v) is 2.98. The summed E-state index contributed by atoms with van der Waals surface area (Å²) in [7, 11) is 0. The van der Waals surface area contributed by atoms with E-state index in [0.717, 1.165) is 23.4 Å². The van der Waals surface area contributed by atoms with Crippen molar-refractivity contribution in [2.75, 3.05) is 0 Å². The molecule has 0 fully saturated rings. The lowest BCUT2D eigenvalue weighted by Gasteiger charge is -1.98. The van der Waals surface area contributed by atoms with Gasteiger partial charge in [-0.15, -0.1) is 16.9 Å². The molecule has 2 heterocycles. The van der Waals surface area contributed by atoms with Gasteiger partial charge in [0.05, 0.1) is 5.69 Å². The highest BCUT2D eigenvalue weighted by molar-refractivity contribution is 7.13. The summed E-state index contributed by atoms with van der Waals surface area (Å²) in [5.74, 6) is 0. The molecule has 7 heteroatoms. The number of aromatic nitrogens is 2. The molecule has 0 unspecified atom stereocenters. The van der Waals surface area contributed by atoms with Gasteiger partial charge in [0, 0.05) is 11.6 Å². The standard InChI is InChI=1S/C11H10N2OS.HN3/c1-2-8-3-4-12-10(5-8)11-13-9(6-14)7-15-11;1-3-2/h3-7H,2H2,1H3;1H. The van der Waals surface area contributed by atoms with Gasteiger partial charge in [-0.05, 0) is 34.6 Å². The Bertz CT molecular complexity index is 560. The molecular formula is C11H11N5OS. The van der Waals surface area contributed by atoms with Gasteiger partial charge in [0.25, 0.3) is 0 Å². The average molecular weight is 261 g/mol. The van der Waals surface area contributed by atoms with Gasteiger partial charge >= 0.3 is 0 Å². The molecule has 0 aromatic carbocycles. The summed E-state index contributed by atoms with van der Waals surface area (Å²) in [6.07, 6.45) is 3.50. The molecule has 1 N–H and O–H groups in total. The zero-order chi connectivity index (χ0) is 13.4. The molecule has 0 bridgehead atoms. The number of pyridine rings is 1. The molecule has 0 aliphatic carbocycles. The van der Waals surface area contributed by atoms with Gasteiger partial charge in [0.2, 0.25) is 0 Å². The minimum atomic E-state index is 0.471. The minimum Gasteiger partial charge on any atom is -0.296 e. The number of aryl methyl sites for hydroxylation is 1. The van der Waals surface area contributed by atoms with Crippen molar-refractivity contribution in [1.82, 2.24) is 9.97 Å². The molecular weight excluding hydrogens is 250 g/mol. The maximum atomic E-state index is 10.5. The second kappa shape index (κ2) is 7.16. The summed E-state index contributed by atoms with van der Waals surface area (Å²) < 4.78 is 0. The third-order valence-electron chi connectivity index (χ3n) is 2.09. The Hall–Kier alpha value is -2.24. The van der Waals surface area contributed by atoms with Crippen molar-refractivity contribution in [2.24, 2.45) is 0 Å². The maximum absolute atomic E-state index is 10.5. The monoisotopic (exact) mass is 261 g/mol. The fraction of sp³-hybridized carbons (Fsp3) is 0.182. The molecule has 2 aromatic heterocycles. The first-order valence-corrected chi connectivity index (χ1v) is 6.00. The van der Waals surface area contributed by atoms with Gasteiger partial charge in [-0.25, -0.2) is 4.98 Å². The van der Waals surface area contributed by atoms with E-state index in [-0.39, 0.29) is 0 Å². The van der Waals surface area contributed by atoms with Crippen molar-refractivity contribution in [2.45, 2.75) is 13.3 Å². The van der Waals surface area contributed by atoms with Crippen LogP contribution in [0.5, 0.6) is 0 Å².